The number of nitrogens with zero attached hydrogens (tertiary/aromatic N) is 2. The third kappa shape index (κ3) is 5.50. The molecule has 3 aromatic rings. The van der Waals surface area contributed by atoms with Crippen LogP contribution in [-0.4, -0.2) is 6.21 Å². The predicted octanol–water partition coefficient (Wildman–Crippen LogP) is 5.99. The molecule has 0 unspecified atom stereocenters. The van der Waals surface area contributed by atoms with Crippen LogP contribution in [0.25, 0.3) is 0 Å². The summed E-state index contributed by atoms with van der Waals surface area (Å²) < 4.78 is 5.74. The van der Waals surface area contributed by atoms with Gasteiger partial charge in [0.25, 0.3) is 0 Å². The molecule has 0 heterocycles. The summed E-state index contributed by atoms with van der Waals surface area (Å²) in [5.74, 6) is 0.715. The molecule has 0 aliphatic heterocycles. The number of benzene rings is 3. The van der Waals surface area contributed by atoms with Gasteiger partial charge in [0, 0.05) is 21.2 Å². The van der Waals surface area contributed by atoms with Gasteiger partial charge in [-0.3, -0.25) is 0 Å². The van der Waals surface area contributed by atoms with Crippen molar-refractivity contribution in [1.82, 2.24) is 0 Å². The molecule has 0 atom stereocenters. The van der Waals surface area contributed by atoms with E-state index >= 15 is 0 Å². The van der Waals surface area contributed by atoms with Gasteiger partial charge in [0.05, 0.1) is 17.8 Å². The largest absolute Gasteiger partial charge is 0.489 e. The van der Waals surface area contributed by atoms with E-state index in [9.17, 15) is 0 Å². The van der Waals surface area contributed by atoms with Gasteiger partial charge in [-0.2, -0.15) is 5.26 Å². The Morgan fingerprint density at radius 1 is 0.929 bits per heavy atom. The lowest BCUT2D eigenvalue weighted by Gasteiger charge is -2.08. The summed E-state index contributed by atoms with van der Waals surface area (Å²) in [5, 5.41) is 14.2. The second-order valence-corrected chi connectivity index (χ2v) is 6.71. The third-order valence-electron chi connectivity index (χ3n) is 3.92. The normalized spacial score (nSPS) is 10.6. The maximum absolute atomic E-state index is 9.05. The van der Waals surface area contributed by atoms with E-state index in [0.29, 0.717) is 28.0 Å². The van der Waals surface area contributed by atoms with Gasteiger partial charge in [-0.1, -0.05) is 52.6 Å². The van der Waals surface area contributed by atoms with E-state index in [1.807, 2.05) is 48.5 Å². The van der Waals surface area contributed by atoms with Crippen LogP contribution in [0.3, 0.4) is 0 Å². The van der Waals surface area contributed by atoms with Crippen molar-refractivity contribution in [2.45, 2.75) is 13.2 Å². The van der Waals surface area contributed by atoms with Crippen LogP contribution in [0.2, 0.25) is 10.0 Å². The molecular weight excluding hydrogens is 395 g/mol. The molecule has 0 saturated heterocycles. The zero-order chi connectivity index (χ0) is 19.8. The van der Waals surface area contributed by atoms with Crippen molar-refractivity contribution in [3.63, 3.8) is 0 Å². The summed E-state index contributed by atoms with van der Waals surface area (Å²) in [5.41, 5.74) is 3.11. The van der Waals surface area contributed by atoms with Gasteiger partial charge < -0.3 is 9.57 Å². The van der Waals surface area contributed by atoms with Crippen molar-refractivity contribution in [2.75, 3.05) is 0 Å². The quantitative estimate of drug-likeness (QED) is 0.354. The van der Waals surface area contributed by atoms with Crippen molar-refractivity contribution in [2.24, 2.45) is 5.16 Å². The summed E-state index contributed by atoms with van der Waals surface area (Å²) in [6.07, 6.45) is 1.61. The van der Waals surface area contributed by atoms with Gasteiger partial charge in [-0.25, -0.2) is 0 Å². The van der Waals surface area contributed by atoms with Crippen molar-refractivity contribution >= 4 is 29.4 Å². The number of halogens is 2. The summed E-state index contributed by atoms with van der Waals surface area (Å²) in [7, 11) is 0. The molecule has 0 aliphatic rings. The van der Waals surface area contributed by atoms with Crippen LogP contribution in [0.5, 0.6) is 5.75 Å². The maximum Gasteiger partial charge on any atom is 0.143 e. The molecule has 0 aliphatic carbocycles. The Morgan fingerprint density at radius 2 is 1.71 bits per heavy atom. The van der Waals surface area contributed by atoms with E-state index in [-0.39, 0.29) is 6.61 Å². The number of nitriles is 1. The molecule has 140 valence electrons. The third-order valence-corrected chi connectivity index (χ3v) is 4.51. The lowest BCUT2D eigenvalue weighted by molar-refractivity contribution is 0.132. The molecule has 0 fully saturated rings. The van der Waals surface area contributed by atoms with Crippen LogP contribution in [-0.2, 0) is 18.1 Å². The minimum atomic E-state index is 0.239. The van der Waals surface area contributed by atoms with Gasteiger partial charge >= 0.3 is 0 Å². The Morgan fingerprint density at radius 3 is 2.46 bits per heavy atom. The Balaban J connectivity index is 1.51. The Labute approximate surface area is 173 Å². The topological polar surface area (TPSA) is 54.6 Å². The van der Waals surface area contributed by atoms with Crippen LogP contribution in [0.1, 0.15) is 22.3 Å². The Bertz CT molecular complexity index is 1010. The summed E-state index contributed by atoms with van der Waals surface area (Å²) in [6, 6.07) is 22.1. The fourth-order valence-corrected chi connectivity index (χ4v) is 2.87. The second kappa shape index (κ2) is 9.80. The second-order valence-electron chi connectivity index (χ2n) is 5.87. The van der Waals surface area contributed by atoms with E-state index < -0.39 is 0 Å². The molecule has 28 heavy (non-hydrogen) atoms. The number of hydrogen-bond donors (Lipinski definition) is 0. The number of oxime groups is 1. The lowest BCUT2D eigenvalue weighted by atomic mass is 10.1. The molecule has 0 N–H and O–H groups in total. The molecule has 0 aromatic heterocycles. The SMILES string of the molecule is N#Cc1ccccc1CO/N=C\c1ccc(OCc2ccc(Cl)cc2Cl)cc1. The minimum Gasteiger partial charge on any atom is -0.489 e. The fraction of sp³-hybridized carbons (Fsp3) is 0.0909. The first-order valence-electron chi connectivity index (χ1n) is 8.46. The van der Waals surface area contributed by atoms with Gasteiger partial charge in [-0.15, -0.1) is 0 Å². The molecule has 3 aromatic carbocycles. The maximum atomic E-state index is 9.05. The molecule has 0 spiro atoms. The van der Waals surface area contributed by atoms with Crippen LogP contribution < -0.4 is 4.74 Å². The van der Waals surface area contributed by atoms with Crippen LogP contribution >= 0.6 is 23.2 Å². The number of ether oxygens (including phenoxy) is 1. The van der Waals surface area contributed by atoms with E-state index in [2.05, 4.69) is 11.2 Å². The van der Waals surface area contributed by atoms with E-state index in [1.54, 1.807) is 24.4 Å². The summed E-state index contributed by atoms with van der Waals surface area (Å²) >= 11 is 12.0. The standard InChI is InChI=1S/C22H16Cl2N2O2/c23-20-8-7-19(22(24)11-20)14-27-21-9-5-16(6-10-21)13-26-28-15-18-4-2-1-3-17(18)12-25/h1-11,13H,14-15H2/b26-13-. The Hall–Kier alpha value is -3.00. The fourth-order valence-electron chi connectivity index (χ4n) is 2.41. The molecule has 4 nitrogen and oxygen atoms in total. The molecule has 6 heteroatoms. The van der Waals surface area contributed by atoms with Gasteiger partial charge in [-0.05, 0) is 48.0 Å². The summed E-state index contributed by atoms with van der Waals surface area (Å²) in [6.45, 7) is 0.591. The minimum absolute atomic E-state index is 0.239. The average Bonchev–Trinajstić information content (AvgIpc) is 2.72. The van der Waals surface area contributed by atoms with Crippen molar-refractivity contribution < 1.29 is 9.57 Å². The molecule has 0 amide bonds. The highest BCUT2D eigenvalue weighted by atomic mass is 35.5. The molecule has 0 radical (unpaired) electrons. The van der Waals surface area contributed by atoms with Crippen molar-refractivity contribution in [1.29, 1.82) is 5.26 Å². The number of rotatable bonds is 7. The monoisotopic (exact) mass is 410 g/mol. The first kappa shape index (κ1) is 19.8. The Kier molecular flexibility index (Phi) is 6.91. The zero-order valence-electron chi connectivity index (χ0n) is 14.8. The highest BCUT2D eigenvalue weighted by Gasteiger charge is 2.03. The van der Waals surface area contributed by atoms with Crippen LogP contribution in [0.15, 0.2) is 71.9 Å². The van der Waals surface area contributed by atoms with Gasteiger partial charge in [0.1, 0.15) is 19.0 Å². The van der Waals surface area contributed by atoms with Crippen molar-refractivity contribution in [3.8, 4) is 11.8 Å². The van der Waals surface area contributed by atoms with Crippen molar-refractivity contribution in [3.05, 3.63) is 99.0 Å². The molecular formula is C22H16Cl2N2O2. The molecule has 0 bridgehead atoms. The van der Waals surface area contributed by atoms with Crippen LogP contribution in [0.4, 0.5) is 0 Å². The van der Waals surface area contributed by atoms with Gasteiger partial charge in [0.15, 0.2) is 0 Å². The molecule has 0 saturated carbocycles. The van der Waals surface area contributed by atoms with E-state index in [0.717, 1.165) is 16.7 Å². The van der Waals surface area contributed by atoms with E-state index in [4.69, 9.17) is 38.0 Å². The summed E-state index contributed by atoms with van der Waals surface area (Å²) in [4.78, 5) is 5.29. The highest BCUT2D eigenvalue weighted by Crippen LogP contribution is 2.22. The average molecular weight is 411 g/mol. The van der Waals surface area contributed by atoms with E-state index in [1.165, 1.54) is 0 Å². The highest BCUT2D eigenvalue weighted by molar-refractivity contribution is 6.35. The first-order valence-corrected chi connectivity index (χ1v) is 9.21. The molecule has 3 rings (SSSR count). The smallest absolute Gasteiger partial charge is 0.143 e. The van der Waals surface area contributed by atoms with Gasteiger partial charge in [0.2, 0.25) is 0 Å². The first-order chi connectivity index (χ1) is 13.7. The van der Waals surface area contributed by atoms with Crippen LogP contribution in [0, 0.1) is 11.3 Å². The lowest BCUT2D eigenvalue weighted by Crippen LogP contribution is -1.96. The predicted molar refractivity (Wildman–Crippen MR) is 111 cm³/mol. The zero-order valence-corrected chi connectivity index (χ0v) is 16.3. The number of hydrogen-bond acceptors (Lipinski definition) is 4.